The number of carbonyl (C=O) groups is 2. The van der Waals surface area contributed by atoms with Crippen molar-refractivity contribution in [2.75, 3.05) is 7.11 Å². The van der Waals surface area contributed by atoms with E-state index in [1.165, 1.54) is 61.0 Å². The van der Waals surface area contributed by atoms with Crippen molar-refractivity contribution >= 4 is 23.4 Å². The number of hydrogen-bond acceptors (Lipinski definition) is 4. The highest BCUT2D eigenvalue weighted by Crippen LogP contribution is 2.44. The van der Waals surface area contributed by atoms with Crippen LogP contribution in [0.1, 0.15) is 22.0 Å². The van der Waals surface area contributed by atoms with Gasteiger partial charge in [0.1, 0.15) is 11.7 Å². The summed E-state index contributed by atoms with van der Waals surface area (Å²) in [5, 5.41) is 14.6. The summed E-state index contributed by atoms with van der Waals surface area (Å²) < 4.78 is 46.5. The van der Waals surface area contributed by atoms with Gasteiger partial charge in [-0.2, -0.15) is 13.2 Å². The first-order chi connectivity index (χ1) is 13.6. The summed E-state index contributed by atoms with van der Waals surface area (Å²) in [6, 6.07) is 8.25. The molecule has 0 aliphatic carbocycles. The van der Waals surface area contributed by atoms with Crippen molar-refractivity contribution in [3.8, 4) is 5.75 Å². The summed E-state index contributed by atoms with van der Waals surface area (Å²) in [4.78, 5) is 25.0. The van der Waals surface area contributed by atoms with Crippen LogP contribution in [0.3, 0.4) is 0 Å². The van der Waals surface area contributed by atoms with Gasteiger partial charge >= 0.3 is 12.2 Å². The van der Waals surface area contributed by atoms with Crippen LogP contribution in [0.4, 0.5) is 18.0 Å². The molecule has 3 rings (SSSR count). The molecular formula is C19H16ClF3N2O4. The number of alkyl halides is 3. The van der Waals surface area contributed by atoms with Crippen molar-refractivity contribution in [3.05, 3.63) is 64.7 Å². The maximum absolute atomic E-state index is 13.8. The van der Waals surface area contributed by atoms with Crippen LogP contribution in [0.15, 0.2) is 48.5 Å². The average Bonchev–Trinajstić information content (AvgIpc) is 2.67. The van der Waals surface area contributed by atoms with Crippen LogP contribution >= 0.6 is 11.6 Å². The van der Waals surface area contributed by atoms with E-state index in [0.29, 0.717) is 5.75 Å². The molecule has 1 fully saturated rings. The van der Waals surface area contributed by atoms with Crippen LogP contribution in [-0.4, -0.2) is 35.9 Å². The van der Waals surface area contributed by atoms with Gasteiger partial charge in [-0.25, -0.2) is 4.79 Å². The number of ketones is 1. The van der Waals surface area contributed by atoms with Crippen molar-refractivity contribution in [1.82, 2.24) is 10.6 Å². The quantitative estimate of drug-likeness (QED) is 0.651. The number of carbonyl (C=O) groups excluding carboxylic acids is 2. The van der Waals surface area contributed by atoms with Crippen molar-refractivity contribution in [2.24, 2.45) is 5.92 Å². The van der Waals surface area contributed by atoms with Gasteiger partial charge in [0.05, 0.1) is 13.2 Å². The molecule has 2 amide bonds. The van der Waals surface area contributed by atoms with Gasteiger partial charge in [0, 0.05) is 10.6 Å². The number of Topliss-reactive ketones (excluding diaryl/α,β-unsaturated/α-hetero) is 1. The van der Waals surface area contributed by atoms with E-state index in [0.717, 1.165) is 0 Å². The van der Waals surface area contributed by atoms with Crippen LogP contribution in [0.25, 0.3) is 0 Å². The molecule has 1 heterocycles. The van der Waals surface area contributed by atoms with E-state index in [2.05, 4.69) is 5.32 Å². The van der Waals surface area contributed by atoms with Crippen LogP contribution in [0, 0.1) is 5.92 Å². The zero-order valence-corrected chi connectivity index (χ0v) is 15.7. The van der Waals surface area contributed by atoms with Crippen LogP contribution in [0.5, 0.6) is 5.75 Å². The third kappa shape index (κ3) is 3.88. The molecule has 0 aromatic heterocycles. The summed E-state index contributed by atoms with van der Waals surface area (Å²) >= 11 is 5.78. The first-order valence-corrected chi connectivity index (χ1v) is 8.76. The number of amides is 2. The fourth-order valence-corrected chi connectivity index (χ4v) is 3.35. The zero-order valence-electron chi connectivity index (χ0n) is 15.0. The molecule has 1 saturated heterocycles. The van der Waals surface area contributed by atoms with E-state index < -0.39 is 35.7 Å². The molecule has 3 atom stereocenters. The normalized spacial score (nSPS) is 24.4. The van der Waals surface area contributed by atoms with E-state index in [1.807, 2.05) is 0 Å². The first kappa shape index (κ1) is 20.9. The molecule has 6 nitrogen and oxygen atoms in total. The lowest BCUT2D eigenvalue weighted by atomic mass is 9.77. The number of methoxy groups -OCH3 is 1. The largest absolute Gasteiger partial charge is 0.497 e. The summed E-state index contributed by atoms with van der Waals surface area (Å²) in [6.45, 7) is 0. The Morgan fingerprint density at radius 2 is 1.72 bits per heavy atom. The number of ether oxygens (including phenoxy) is 1. The van der Waals surface area contributed by atoms with Crippen molar-refractivity contribution in [1.29, 1.82) is 0 Å². The highest BCUT2D eigenvalue weighted by atomic mass is 35.5. The Hall–Kier alpha value is -2.78. The number of aliphatic hydroxyl groups is 1. The van der Waals surface area contributed by atoms with Gasteiger partial charge in [0.25, 0.3) is 0 Å². The molecule has 0 spiro atoms. The molecule has 0 radical (unpaired) electrons. The monoisotopic (exact) mass is 428 g/mol. The van der Waals surface area contributed by atoms with Crippen LogP contribution in [-0.2, 0) is 0 Å². The number of nitrogens with one attached hydrogen (secondary N) is 2. The molecule has 3 N–H and O–H groups in total. The predicted molar refractivity (Wildman–Crippen MR) is 97.7 cm³/mol. The smallest absolute Gasteiger partial charge is 0.437 e. The van der Waals surface area contributed by atoms with E-state index in [4.69, 9.17) is 16.3 Å². The summed E-state index contributed by atoms with van der Waals surface area (Å²) in [6.07, 6.45) is -5.32. The highest BCUT2D eigenvalue weighted by Gasteiger charge is 2.66. The molecular weight excluding hydrogens is 413 g/mol. The highest BCUT2D eigenvalue weighted by molar-refractivity contribution is 6.30. The number of hydrogen-bond donors (Lipinski definition) is 3. The second kappa shape index (κ2) is 7.57. The molecule has 2 aromatic carbocycles. The van der Waals surface area contributed by atoms with E-state index in [9.17, 15) is 27.9 Å². The Morgan fingerprint density at radius 1 is 1.14 bits per heavy atom. The Morgan fingerprint density at radius 3 is 2.24 bits per heavy atom. The second-order valence-corrected chi connectivity index (χ2v) is 6.90. The Bertz CT molecular complexity index is 919. The topological polar surface area (TPSA) is 87.7 Å². The van der Waals surface area contributed by atoms with Gasteiger partial charge in [-0.3, -0.25) is 4.79 Å². The fourth-order valence-electron chi connectivity index (χ4n) is 3.22. The molecule has 10 heteroatoms. The Balaban J connectivity index is 2.13. The number of halogens is 4. The van der Waals surface area contributed by atoms with Crippen molar-refractivity contribution in [3.63, 3.8) is 0 Å². The van der Waals surface area contributed by atoms with Gasteiger partial charge in [-0.15, -0.1) is 0 Å². The van der Waals surface area contributed by atoms with Gasteiger partial charge in [0.2, 0.25) is 5.72 Å². The minimum Gasteiger partial charge on any atom is -0.497 e. The van der Waals surface area contributed by atoms with Crippen LogP contribution < -0.4 is 15.4 Å². The maximum Gasteiger partial charge on any atom is 0.437 e. The zero-order chi connectivity index (χ0) is 21.4. The molecule has 0 saturated carbocycles. The molecule has 29 heavy (non-hydrogen) atoms. The van der Waals surface area contributed by atoms with Gasteiger partial charge in [-0.05, 0) is 42.0 Å². The van der Waals surface area contributed by atoms with Gasteiger partial charge in [-0.1, -0.05) is 23.7 Å². The van der Waals surface area contributed by atoms with Crippen molar-refractivity contribution < 1.29 is 32.6 Å². The lowest BCUT2D eigenvalue weighted by Crippen LogP contribution is -2.72. The Labute approximate surface area is 168 Å². The molecule has 2 aromatic rings. The van der Waals surface area contributed by atoms with E-state index >= 15 is 0 Å². The fraction of sp³-hybridized carbons (Fsp3) is 0.263. The molecule has 1 aliphatic heterocycles. The lowest BCUT2D eigenvalue weighted by molar-refractivity contribution is -0.287. The third-order valence-electron chi connectivity index (χ3n) is 4.69. The molecule has 0 bridgehead atoms. The van der Waals surface area contributed by atoms with E-state index in [-0.39, 0.29) is 16.1 Å². The Kier molecular flexibility index (Phi) is 5.46. The molecule has 154 valence electrons. The maximum atomic E-state index is 13.8. The van der Waals surface area contributed by atoms with Crippen LogP contribution in [0.2, 0.25) is 5.02 Å². The number of urea groups is 1. The second-order valence-electron chi connectivity index (χ2n) is 6.46. The van der Waals surface area contributed by atoms with E-state index in [1.54, 1.807) is 0 Å². The predicted octanol–water partition coefficient (Wildman–Crippen LogP) is 3.45. The van der Waals surface area contributed by atoms with Gasteiger partial charge < -0.3 is 20.5 Å². The van der Waals surface area contributed by atoms with Gasteiger partial charge in [0.15, 0.2) is 5.78 Å². The summed E-state index contributed by atoms with van der Waals surface area (Å²) in [5.74, 6) is -2.69. The number of benzene rings is 2. The summed E-state index contributed by atoms with van der Waals surface area (Å²) in [5.41, 5.74) is -3.69. The lowest BCUT2D eigenvalue weighted by Gasteiger charge is -2.45. The minimum atomic E-state index is -5.32. The minimum absolute atomic E-state index is 0.0986. The van der Waals surface area contributed by atoms with Crippen molar-refractivity contribution in [2.45, 2.75) is 17.9 Å². The first-order valence-electron chi connectivity index (χ1n) is 8.38. The number of rotatable bonds is 4. The molecule has 1 aliphatic rings. The molecule has 3 unspecified atom stereocenters. The standard InChI is InChI=1S/C19H16ClF3N2O4/c1-29-13-8-4-10(5-9-13)15-14(16(26)11-2-6-12(20)7-3-11)18(28,19(21,22)23)25-17(27)24-15/h2-9,14-15,28H,1H3,(H2,24,25,27). The average molecular weight is 429 g/mol. The SMILES string of the molecule is COc1ccc(C2NC(=O)NC(O)(C(F)(F)F)C2C(=O)c2ccc(Cl)cc2)cc1. The summed E-state index contributed by atoms with van der Waals surface area (Å²) in [7, 11) is 1.41. The third-order valence-corrected chi connectivity index (χ3v) is 4.94.